The average Bonchev–Trinajstić information content (AvgIpc) is 2.66. The molecule has 27 heavy (non-hydrogen) atoms. The van der Waals surface area contributed by atoms with Crippen LogP contribution in [-0.2, 0) is 4.79 Å². The second kappa shape index (κ2) is 9.47. The summed E-state index contributed by atoms with van der Waals surface area (Å²) >= 11 is 0. The second-order valence-electron chi connectivity index (χ2n) is 6.20. The van der Waals surface area contributed by atoms with E-state index in [9.17, 15) is 14.4 Å². The van der Waals surface area contributed by atoms with Gasteiger partial charge in [-0.1, -0.05) is 19.4 Å². The van der Waals surface area contributed by atoms with E-state index in [2.05, 4.69) is 22.5 Å². The van der Waals surface area contributed by atoms with Crippen LogP contribution >= 0.6 is 0 Å². The quantitative estimate of drug-likeness (QED) is 0.785. The lowest BCUT2D eigenvalue weighted by molar-refractivity contribution is -0.114. The molecule has 142 valence electrons. The Labute approximate surface area is 158 Å². The van der Waals surface area contributed by atoms with Crippen molar-refractivity contribution in [2.24, 2.45) is 0 Å². The van der Waals surface area contributed by atoms with Gasteiger partial charge in [0.05, 0.1) is 0 Å². The van der Waals surface area contributed by atoms with Gasteiger partial charge in [-0.05, 0) is 42.8 Å². The molecule has 0 fully saturated rings. The molecule has 0 unspecified atom stereocenters. The molecule has 0 aliphatic heterocycles. The van der Waals surface area contributed by atoms with Crippen LogP contribution in [0.25, 0.3) is 0 Å². The third-order valence-electron chi connectivity index (χ3n) is 3.86. The normalized spacial score (nSPS) is 10.2. The van der Waals surface area contributed by atoms with Gasteiger partial charge in [-0.25, -0.2) is 4.98 Å². The number of nitrogens with zero attached hydrogens (tertiary/aromatic N) is 2. The van der Waals surface area contributed by atoms with Gasteiger partial charge >= 0.3 is 0 Å². The van der Waals surface area contributed by atoms with Gasteiger partial charge in [-0.15, -0.1) is 0 Å². The van der Waals surface area contributed by atoms with Crippen LogP contribution < -0.4 is 10.6 Å². The number of nitrogens with one attached hydrogen (secondary N) is 2. The molecule has 0 atom stereocenters. The highest BCUT2D eigenvalue weighted by Crippen LogP contribution is 2.14. The molecular weight excluding hydrogens is 344 g/mol. The van der Waals surface area contributed by atoms with E-state index in [1.807, 2.05) is 0 Å². The summed E-state index contributed by atoms with van der Waals surface area (Å²) < 4.78 is 0. The molecule has 0 aliphatic rings. The predicted molar refractivity (Wildman–Crippen MR) is 105 cm³/mol. The standard InChI is InChI=1S/C20H24N4O3/c1-4-5-13-24(3)20(27)18-8-6-7-17(23-18)19(26)22-16-11-9-15(10-12-16)21-14(2)25/h6-12H,4-5,13H2,1-3H3,(H,21,25)(H,22,26). The molecule has 0 bridgehead atoms. The Hall–Kier alpha value is -3.22. The molecule has 0 saturated heterocycles. The zero-order chi connectivity index (χ0) is 19.8. The zero-order valence-electron chi connectivity index (χ0n) is 15.8. The minimum absolute atomic E-state index is 0.163. The molecule has 2 rings (SSSR count). The van der Waals surface area contributed by atoms with E-state index in [0.29, 0.717) is 17.9 Å². The SMILES string of the molecule is CCCCN(C)C(=O)c1cccc(C(=O)Nc2ccc(NC(C)=O)cc2)n1. The highest BCUT2D eigenvalue weighted by atomic mass is 16.2. The van der Waals surface area contributed by atoms with Crippen molar-refractivity contribution in [3.63, 3.8) is 0 Å². The first-order valence-corrected chi connectivity index (χ1v) is 8.82. The Bertz CT molecular complexity index is 818. The number of hydrogen-bond donors (Lipinski definition) is 2. The minimum atomic E-state index is -0.409. The fourth-order valence-electron chi connectivity index (χ4n) is 2.41. The number of carbonyl (C=O) groups excluding carboxylic acids is 3. The van der Waals surface area contributed by atoms with Crippen molar-refractivity contribution in [2.75, 3.05) is 24.2 Å². The molecule has 2 aromatic rings. The summed E-state index contributed by atoms with van der Waals surface area (Å²) in [6, 6.07) is 11.5. The smallest absolute Gasteiger partial charge is 0.274 e. The minimum Gasteiger partial charge on any atom is -0.340 e. The third kappa shape index (κ3) is 5.91. The van der Waals surface area contributed by atoms with Crippen molar-refractivity contribution >= 4 is 29.1 Å². The summed E-state index contributed by atoms with van der Waals surface area (Å²) in [6.07, 6.45) is 1.91. The molecule has 3 amide bonds. The van der Waals surface area contributed by atoms with Crippen molar-refractivity contribution < 1.29 is 14.4 Å². The number of carbonyl (C=O) groups is 3. The molecular formula is C20H24N4O3. The van der Waals surface area contributed by atoms with Gasteiger partial charge in [0.25, 0.3) is 11.8 Å². The number of rotatable bonds is 7. The molecule has 7 heteroatoms. The molecule has 1 heterocycles. The van der Waals surface area contributed by atoms with E-state index in [-0.39, 0.29) is 23.2 Å². The number of benzene rings is 1. The maximum Gasteiger partial charge on any atom is 0.274 e. The lowest BCUT2D eigenvalue weighted by atomic mass is 10.2. The summed E-state index contributed by atoms with van der Waals surface area (Å²) in [7, 11) is 1.73. The summed E-state index contributed by atoms with van der Waals surface area (Å²) in [5.41, 5.74) is 1.60. The third-order valence-corrected chi connectivity index (χ3v) is 3.86. The van der Waals surface area contributed by atoms with Crippen molar-refractivity contribution in [2.45, 2.75) is 26.7 Å². The molecule has 0 spiro atoms. The first-order chi connectivity index (χ1) is 12.9. The molecule has 2 N–H and O–H groups in total. The van der Waals surface area contributed by atoms with Gasteiger partial charge in [0.2, 0.25) is 5.91 Å². The van der Waals surface area contributed by atoms with E-state index in [0.717, 1.165) is 12.8 Å². The Balaban J connectivity index is 2.06. The van der Waals surface area contributed by atoms with E-state index >= 15 is 0 Å². The van der Waals surface area contributed by atoms with Crippen LogP contribution in [-0.4, -0.2) is 41.2 Å². The number of anilines is 2. The average molecular weight is 368 g/mol. The van der Waals surface area contributed by atoms with Crippen LogP contribution in [0.3, 0.4) is 0 Å². The van der Waals surface area contributed by atoms with E-state index in [1.54, 1.807) is 54.4 Å². The predicted octanol–water partition coefficient (Wildman–Crippen LogP) is 3.16. The number of amides is 3. The number of pyridine rings is 1. The fraction of sp³-hybridized carbons (Fsp3) is 0.300. The molecule has 0 saturated carbocycles. The Morgan fingerprint density at radius 1 is 0.963 bits per heavy atom. The van der Waals surface area contributed by atoms with Crippen molar-refractivity contribution in [3.05, 3.63) is 53.9 Å². The Morgan fingerprint density at radius 3 is 2.15 bits per heavy atom. The first-order valence-electron chi connectivity index (χ1n) is 8.82. The lowest BCUT2D eigenvalue weighted by Gasteiger charge is -2.16. The summed E-state index contributed by atoms with van der Waals surface area (Å²) in [4.78, 5) is 41.7. The van der Waals surface area contributed by atoms with Crippen LogP contribution in [0, 0.1) is 0 Å². The zero-order valence-corrected chi connectivity index (χ0v) is 15.8. The highest BCUT2D eigenvalue weighted by Gasteiger charge is 2.15. The van der Waals surface area contributed by atoms with Crippen LogP contribution in [0.1, 0.15) is 47.7 Å². The largest absolute Gasteiger partial charge is 0.340 e. The maximum absolute atomic E-state index is 12.4. The molecule has 7 nitrogen and oxygen atoms in total. The topological polar surface area (TPSA) is 91.4 Å². The molecule has 0 aliphatic carbocycles. The van der Waals surface area contributed by atoms with Gasteiger partial charge in [-0.3, -0.25) is 14.4 Å². The van der Waals surface area contributed by atoms with E-state index in [1.165, 1.54) is 6.92 Å². The van der Waals surface area contributed by atoms with Crippen molar-refractivity contribution in [3.8, 4) is 0 Å². The lowest BCUT2D eigenvalue weighted by Crippen LogP contribution is -2.29. The number of unbranched alkanes of at least 4 members (excludes halogenated alkanes) is 1. The van der Waals surface area contributed by atoms with Crippen molar-refractivity contribution in [1.29, 1.82) is 0 Å². The summed E-state index contributed by atoms with van der Waals surface area (Å²) in [5, 5.41) is 5.39. The van der Waals surface area contributed by atoms with E-state index in [4.69, 9.17) is 0 Å². The number of hydrogen-bond acceptors (Lipinski definition) is 4. The van der Waals surface area contributed by atoms with E-state index < -0.39 is 5.91 Å². The van der Waals surface area contributed by atoms with Crippen molar-refractivity contribution in [1.82, 2.24) is 9.88 Å². The Kier molecular flexibility index (Phi) is 7.05. The van der Waals surface area contributed by atoms with Crippen LogP contribution in [0.5, 0.6) is 0 Å². The highest BCUT2D eigenvalue weighted by molar-refractivity contribution is 6.04. The summed E-state index contributed by atoms with van der Waals surface area (Å²) in [5.74, 6) is -0.785. The Morgan fingerprint density at radius 2 is 1.56 bits per heavy atom. The van der Waals surface area contributed by atoms with Gasteiger partial charge in [0.1, 0.15) is 11.4 Å². The van der Waals surface area contributed by atoms with Gasteiger partial charge in [0.15, 0.2) is 0 Å². The summed E-state index contributed by atoms with van der Waals surface area (Å²) in [6.45, 7) is 4.13. The first kappa shape index (κ1) is 20.1. The molecule has 0 radical (unpaired) electrons. The van der Waals surface area contributed by atoms with Gasteiger partial charge in [0, 0.05) is 31.9 Å². The van der Waals surface area contributed by atoms with Crippen LogP contribution in [0.2, 0.25) is 0 Å². The molecule has 1 aromatic carbocycles. The molecule has 1 aromatic heterocycles. The fourth-order valence-corrected chi connectivity index (χ4v) is 2.41. The van der Waals surface area contributed by atoms with Crippen LogP contribution in [0.4, 0.5) is 11.4 Å². The maximum atomic E-state index is 12.4. The van der Waals surface area contributed by atoms with Gasteiger partial charge < -0.3 is 15.5 Å². The monoisotopic (exact) mass is 368 g/mol. The van der Waals surface area contributed by atoms with Gasteiger partial charge in [-0.2, -0.15) is 0 Å². The second-order valence-corrected chi connectivity index (χ2v) is 6.20. The van der Waals surface area contributed by atoms with Crippen LogP contribution in [0.15, 0.2) is 42.5 Å². The number of aromatic nitrogens is 1.